The molecule has 0 unspecified atom stereocenters. The molecule has 0 spiro atoms. The number of aromatic nitrogens is 1. The van der Waals surface area contributed by atoms with Gasteiger partial charge in [-0.1, -0.05) is 0 Å². The lowest BCUT2D eigenvalue weighted by atomic mass is 10.1. The number of benzene rings is 1. The van der Waals surface area contributed by atoms with Crippen molar-refractivity contribution in [1.29, 1.82) is 0 Å². The average Bonchev–Trinajstić information content (AvgIpc) is 2.77. The summed E-state index contributed by atoms with van der Waals surface area (Å²) in [5.74, 6) is 0.859. The number of methoxy groups -OCH3 is 1. The molecule has 3 nitrogen and oxygen atoms in total. The molecule has 0 bridgehead atoms. The third-order valence-electron chi connectivity index (χ3n) is 2.19. The Kier molecular flexibility index (Phi) is 2.99. The largest absolute Gasteiger partial charge is 0.497 e. The first kappa shape index (κ1) is 10.1. The molecular formula is C11H12N2OS. The quantitative estimate of drug-likeness (QED) is 0.863. The molecule has 1 heterocycles. The van der Waals surface area contributed by atoms with Crippen molar-refractivity contribution in [2.24, 2.45) is 5.73 Å². The number of thiazole rings is 1. The van der Waals surface area contributed by atoms with Crippen molar-refractivity contribution in [2.75, 3.05) is 7.11 Å². The lowest BCUT2D eigenvalue weighted by Crippen LogP contribution is -1.97. The van der Waals surface area contributed by atoms with Gasteiger partial charge in [-0.25, -0.2) is 4.98 Å². The number of nitrogens with zero attached hydrogens (tertiary/aromatic N) is 1. The van der Waals surface area contributed by atoms with E-state index in [1.807, 2.05) is 29.8 Å². The van der Waals surface area contributed by atoms with Gasteiger partial charge in [0.05, 0.1) is 23.2 Å². The van der Waals surface area contributed by atoms with Gasteiger partial charge in [0.15, 0.2) is 0 Å². The Morgan fingerprint density at radius 2 is 2.07 bits per heavy atom. The molecule has 0 aliphatic carbocycles. The van der Waals surface area contributed by atoms with Crippen LogP contribution in [0, 0.1) is 0 Å². The maximum absolute atomic E-state index is 5.61. The zero-order valence-electron chi connectivity index (χ0n) is 8.43. The van der Waals surface area contributed by atoms with Gasteiger partial charge >= 0.3 is 0 Å². The Balaban J connectivity index is 2.37. The minimum absolute atomic E-state index is 0.477. The van der Waals surface area contributed by atoms with Crippen molar-refractivity contribution in [3.05, 3.63) is 35.5 Å². The molecule has 1 aromatic carbocycles. The topological polar surface area (TPSA) is 48.1 Å². The Morgan fingerprint density at radius 3 is 2.67 bits per heavy atom. The molecule has 0 amide bonds. The molecule has 4 heteroatoms. The standard InChI is InChI=1S/C11H12N2OS/c1-14-9-4-2-8(3-5-9)11-10(6-12)13-7-15-11/h2-5,7H,6,12H2,1H3. The highest BCUT2D eigenvalue weighted by Gasteiger charge is 2.06. The first-order chi connectivity index (χ1) is 7.35. The maximum atomic E-state index is 5.61. The van der Waals surface area contributed by atoms with E-state index in [2.05, 4.69) is 4.98 Å². The van der Waals surface area contributed by atoms with Gasteiger partial charge in [-0.05, 0) is 29.8 Å². The molecular weight excluding hydrogens is 208 g/mol. The molecule has 0 fully saturated rings. The summed E-state index contributed by atoms with van der Waals surface area (Å²) in [4.78, 5) is 5.35. The van der Waals surface area contributed by atoms with E-state index in [0.29, 0.717) is 6.54 Å². The van der Waals surface area contributed by atoms with Gasteiger partial charge in [-0.3, -0.25) is 0 Å². The van der Waals surface area contributed by atoms with Gasteiger partial charge in [0.2, 0.25) is 0 Å². The van der Waals surface area contributed by atoms with E-state index in [-0.39, 0.29) is 0 Å². The zero-order valence-corrected chi connectivity index (χ0v) is 9.25. The molecule has 78 valence electrons. The zero-order chi connectivity index (χ0) is 10.7. The summed E-state index contributed by atoms with van der Waals surface area (Å²) in [6, 6.07) is 7.92. The second-order valence-corrected chi connectivity index (χ2v) is 3.92. The minimum Gasteiger partial charge on any atom is -0.497 e. The van der Waals surface area contributed by atoms with Crippen LogP contribution in [0.5, 0.6) is 5.75 Å². The average molecular weight is 220 g/mol. The number of nitrogens with two attached hydrogens (primary N) is 1. The Bertz CT molecular complexity index is 436. The van der Waals surface area contributed by atoms with Crippen molar-refractivity contribution in [3.8, 4) is 16.2 Å². The number of ether oxygens (including phenoxy) is 1. The second kappa shape index (κ2) is 4.42. The van der Waals surface area contributed by atoms with E-state index >= 15 is 0 Å². The molecule has 1 aromatic heterocycles. The van der Waals surface area contributed by atoms with Crippen LogP contribution in [0.3, 0.4) is 0 Å². The number of hydrogen-bond donors (Lipinski definition) is 1. The van der Waals surface area contributed by atoms with E-state index < -0.39 is 0 Å². The van der Waals surface area contributed by atoms with Crippen LogP contribution < -0.4 is 10.5 Å². The van der Waals surface area contributed by atoms with Gasteiger partial charge in [-0.2, -0.15) is 0 Å². The number of hydrogen-bond acceptors (Lipinski definition) is 4. The van der Waals surface area contributed by atoms with Crippen LogP contribution in [-0.4, -0.2) is 12.1 Å². The summed E-state index contributed by atoms with van der Waals surface area (Å²) < 4.78 is 5.11. The Hall–Kier alpha value is -1.39. The monoisotopic (exact) mass is 220 g/mol. The lowest BCUT2D eigenvalue weighted by Gasteiger charge is -2.02. The highest BCUT2D eigenvalue weighted by atomic mass is 32.1. The molecule has 2 aromatic rings. The molecule has 0 aliphatic rings. The van der Waals surface area contributed by atoms with Crippen molar-refractivity contribution >= 4 is 11.3 Å². The fraction of sp³-hybridized carbons (Fsp3) is 0.182. The summed E-state index contributed by atoms with van der Waals surface area (Å²) in [7, 11) is 1.66. The maximum Gasteiger partial charge on any atom is 0.118 e. The van der Waals surface area contributed by atoms with E-state index in [0.717, 1.165) is 21.9 Å². The third kappa shape index (κ3) is 2.00. The molecule has 0 atom stereocenters. The van der Waals surface area contributed by atoms with Crippen LogP contribution in [0.1, 0.15) is 5.69 Å². The fourth-order valence-electron chi connectivity index (χ4n) is 1.39. The van der Waals surface area contributed by atoms with Crippen LogP contribution >= 0.6 is 11.3 Å². The Labute approximate surface area is 92.5 Å². The predicted molar refractivity (Wildman–Crippen MR) is 62.0 cm³/mol. The van der Waals surface area contributed by atoms with Crippen LogP contribution in [0.25, 0.3) is 10.4 Å². The summed E-state index contributed by atoms with van der Waals surface area (Å²) in [5.41, 5.74) is 9.52. The highest BCUT2D eigenvalue weighted by Crippen LogP contribution is 2.28. The molecule has 0 radical (unpaired) electrons. The predicted octanol–water partition coefficient (Wildman–Crippen LogP) is 2.28. The summed E-state index contributed by atoms with van der Waals surface area (Å²) in [6.07, 6.45) is 0. The third-order valence-corrected chi connectivity index (χ3v) is 3.10. The SMILES string of the molecule is COc1ccc(-c2scnc2CN)cc1. The normalized spacial score (nSPS) is 10.3. The van der Waals surface area contributed by atoms with E-state index in [4.69, 9.17) is 10.5 Å². The van der Waals surface area contributed by atoms with Crippen molar-refractivity contribution in [2.45, 2.75) is 6.54 Å². The van der Waals surface area contributed by atoms with Gasteiger partial charge in [-0.15, -0.1) is 11.3 Å². The molecule has 0 aliphatic heterocycles. The van der Waals surface area contributed by atoms with Crippen LogP contribution in [0.2, 0.25) is 0 Å². The van der Waals surface area contributed by atoms with E-state index in [1.165, 1.54) is 0 Å². The highest BCUT2D eigenvalue weighted by molar-refractivity contribution is 7.13. The first-order valence-corrected chi connectivity index (χ1v) is 5.50. The van der Waals surface area contributed by atoms with Gasteiger partial charge < -0.3 is 10.5 Å². The molecule has 0 saturated heterocycles. The molecule has 2 N–H and O–H groups in total. The van der Waals surface area contributed by atoms with Crippen LogP contribution in [0.15, 0.2) is 29.8 Å². The van der Waals surface area contributed by atoms with Crippen LogP contribution in [0.4, 0.5) is 0 Å². The first-order valence-electron chi connectivity index (χ1n) is 4.62. The summed E-state index contributed by atoms with van der Waals surface area (Å²) in [6.45, 7) is 0.477. The minimum atomic E-state index is 0.477. The van der Waals surface area contributed by atoms with Crippen molar-refractivity contribution in [3.63, 3.8) is 0 Å². The summed E-state index contributed by atoms with van der Waals surface area (Å²) >= 11 is 1.61. The van der Waals surface area contributed by atoms with Gasteiger partial charge in [0.25, 0.3) is 0 Å². The smallest absolute Gasteiger partial charge is 0.118 e. The molecule has 0 saturated carbocycles. The van der Waals surface area contributed by atoms with Crippen molar-refractivity contribution < 1.29 is 4.74 Å². The summed E-state index contributed by atoms with van der Waals surface area (Å²) in [5, 5.41) is 0. The second-order valence-electron chi connectivity index (χ2n) is 3.06. The van der Waals surface area contributed by atoms with Gasteiger partial charge in [0.1, 0.15) is 5.75 Å². The molecule has 15 heavy (non-hydrogen) atoms. The number of rotatable bonds is 3. The van der Waals surface area contributed by atoms with Crippen molar-refractivity contribution in [1.82, 2.24) is 4.98 Å². The van der Waals surface area contributed by atoms with E-state index in [9.17, 15) is 0 Å². The Morgan fingerprint density at radius 1 is 1.33 bits per heavy atom. The van der Waals surface area contributed by atoms with Gasteiger partial charge in [0, 0.05) is 6.54 Å². The lowest BCUT2D eigenvalue weighted by molar-refractivity contribution is 0.415. The van der Waals surface area contributed by atoms with Crippen LogP contribution in [-0.2, 0) is 6.54 Å². The van der Waals surface area contributed by atoms with E-state index in [1.54, 1.807) is 18.4 Å². The fourth-order valence-corrected chi connectivity index (χ4v) is 2.22. The molecule has 2 rings (SSSR count).